The number of halogens is 2. The highest BCUT2D eigenvalue weighted by molar-refractivity contribution is 6.32. The largest absolute Gasteiger partial charge is 0.264 e. The van der Waals surface area contributed by atoms with Crippen molar-refractivity contribution in [3.05, 3.63) is 47.5 Å². The minimum absolute atomic E-state index is 0.428. The molecular formula is C11H8Cl2N2. The summed E-state index contributed by atoms with van der Waals surface area (Å²) < 4.78 is 0. The molecule has 2 heterocycles. The van der Waals surface area contributed by atoms with Gasteiger partial charge in [0, 0.05) is 35.6 Å². The third-order valence-electron chi connectivity index (χ3n) is 2.02. The van der Waals surface area contributed by atoms with Crippen molar-refractivity contribution in [2.45, 2.75) is 5.88 Å². The molecule has 0 radical (unpaired) electrons. The summed E-state index contributed by atoms with van der Waals surface area (Å²) in [5, 5.41) is 0.469. The minimum Gasteiger partial charge on any atom is -0.264 e. The Bertz CT molecular complexity index is 457. The molecule has 2 nitrogen and oxygen atoms in total. The van der Waals surface area contributed by atoms with Gasteiger partial charge in [0.1, 0.15) is 5.15 Å². The minimum atomic E-state index is 0.428. The zero-order valence-corrected chi connectivity index (χ0v) is 9.33. The van der Waals surface area contributed by atoms with Gasteiger partial charge >= 0.3 is 0 Å². The molecular weight excluding hydrogens is 231 g/mol. The van der Waals surface area contributed by atoms with Crippen LogP contribution in [0.2, 0.25) is 5.15 Å². The van der Waals surface area contributed by atoms with Gasteiger partial charge < -0.3 is 0 Å². The second-order valence-corrected chi connectivity index (χ2v) is 3.68. The first-order valence-corrected chi connectivity index (χ1v) is 5.33. The molecule has 0 aliphatic rings. The van der Waals surface area contributed by atoms with Crippen LogP contribution in [0, 0.1) is 0 Å². The maximum atomic E-state index is 6.01. The molecule has 2 aromatic heterocycles. The van der Waals surface area contributed by atoms with E-state index in [0.717, 1.165) is 16.7 Å². The van der Waals surface area contributed by atoms with Crippen LogP contribution in [0.4, 0.5) is 0 Å². The number of rotatable bonds is 2. The molecule has 0 aliphatic heterocycles. The molecule has 0 saturated carbocycles. The Kier molecular flexibility index (Phi) is 3.19. The summed E-state index contributed by atoms with van der Waals surface area (Å²) in [4.78, 5) is 8.12. The Hall–Kier alpha value is -1.12. The summed E-state index contributed by atoms with van der Waals surface area (Å²) in [5.41, 5.74) is 2.75. The molecule has 0 aliphatic carbocycles. The number of aromatic nitrogens is 2. The Morgan fingerprint density at radius 3 is 2.80 bits per heavy atom. The first-order chi connectivity index (χ1) is 7.31. The van der Waals surface area contributed by atoms with Crippen molar-refractivity contribution in [1.82, 2.24) is 9.97 Å². The summed E-state index contributed by atoms with van der Waals surface area (Å²) in [5.74, 6) is 0.428. The summed E-state index contributed by atoms with van der Waals surface area (Å²) >= 11 is 11.7. The maximum absolute atomic E-state index is 6.01. The van der Waals surface area contributed by atoms with Crippen molar-refractivity contribution in [3.63, 3.8) is 0 Å². The normalized spacial score (nSPS) is 10.3. The van der Waals surface area contributed by atoms with E-state index in [9.17, 15) is 0 Å². The van der Waals surface area contributed by atoms with Crippen molar-refractivity contribution < 1.29 is 0 Å². The summed E-state index contributed by atoms with van der Waals surface area (Å²) in [6.07, 6.45) is 5.15. The van der Waals surface area contributed by atoms with Gasteiger partial charge in [-0.25, -0.2) is 4.98 Å². The average Bonchev–Trinajstić information content (AvgIpc) is 2.31. The molecule has 0 bridgehead atoms. The van der Waals surface area contributed by atoms with Crippen LogP contribution < -0.4 is 0 Å². The highest BCUT2D eigenvalue weighted by atomic mass is 35.5. The van der Waals surface area contributed by atoms with Crippen LogP contribution in [0.3, 0.4) is 0 Å². The molecule has 76 valence electrons. The molecule has 0 unspecified atom stereocenters. The second kappa shape index (κ2) is 4.60. The van der Waals surface area contributed by atoms with Gasteiger partial charge in [-0.15, -0.1) is 11.6 Å². The van der Waals surface area contributed by atoms with Crippen molar-refractivity contribution in [3.8, 4) is 11.1 Å². The lowest BCUT2D eigenvalue weighted by Gasteiger charge is -2.04. The van der Waals surface area contributed by atoms with Gasteiger partial charge in [-0.1, -0.05) is 17.7 Å². The van der Waals surface area contributed by atoms with Gasteiger partial charge in [0.05, 0.1) is 0 Å². The van der Waals surface area contributed by atoms with E-state index in [0.29, 0.717) is 11.0 Å². The van der Waals surface area contributed by atoms with Crippen molar-refractivity contribution in [1.29, 1.82) is 0 Å². The Morgan fingerprint density at radius 1 is 1.27 bits per heavy atom. The van der Waals surface area contributed by atoms with Crippen LogP contribution in [0.25, 0.3) is 11.1 Å². The molecule has 0 spiro atoms. The molecule has 0 aromatic carbocycles. The Morgan fingerprint density at radius 2 is 2.13 bits per heavy atom. The van der Waals surface area contributed by atoms with Crippen LogP contribution in [0.5, 0.6) is 0 Å². The van der Waals surface area contributed by atoms with E-state index in [1.807, 2.05) is 18.2 Å². The van der Waals surface area contributed by atoms with Crippen LogP contribution in [0.15, 0.2) is 36.8 Å². The highest BCUT2D eigenvalue weighted by Crippen LogP contribution is 2.26. The Balaban J connectivity index is 2.52. The predicted molar refractivity (Wildman–Crippen MR) is 62.0 cm³/mol. The fraction of sp³-hybridized carbons (Fsp3) is 0.0909. The topological polar surface area (TPSA) is 25.8 Å². The van der Waals surface area contributed by atoms with Gasteiger partial charge in [-0.05, 0) is 17.7 Å². The number of nitrogens with zero attached hydrogens (tertiary/aromatic N) is 2. The molecule has 0 fully saturated rings. The van der Waals surface area contributed by atoms with E-state index in [4.69, 9.17) is 23.2 Å². The predicted octanol–water partition coefficient (Wildman–Crippen LogP) is 3.54. The van der Waals surface area contributed by atoms with Crippen LogP contribution in [-0.2, 0) is 5.88 Å². The number of hydrogen-bond donors (Lipinski definition) is 0. The van der Waals surface area contributed by atoms with Crippen molar-refractivity contribution in [2.75, 3.05) is 0 Å². The van der Waals surface area contributed by atoms with E-state index in [-0.39, 0.29) is 0 Å². The lowest BCUT2D eigenvalue weighted by molar-refractivity contribution is 1.24. The number of pyridine rings is 2. The average molecular weight is 239 g/mol. The molecule has 2 rings (SSSR count). The first-order valence-electron chi connectivity index (χ1n) is 4.42. The van der Waals surface area contributed by atoms with E-state index in [2.05, 4.69) is 9.97 Å². The van der Waals surface area contributed by atoms with Gasteiger partial charge in [0.25, 0.3) is 0 Å². The molecule has 4 heteroatoms. The van der Waals surface area contributed by atoms with E-state index < -0.39 is 0 Å². The zero-order chi connectivity index (χ0) is 10.7. The fourth-order valence-corrected chi connectivity index (χ4v) is 1.65. The molecule has 0 saturated heterocycles. The summed E-state index contributed by atoms with van der Waals surface area (Å²) in [6.45, 7) is 0. The van der Waals surface area contributed by atoms with E-state index in [1.54, 1.807) is 18.6 Å². The van der Waals surface area contributed by atoms with Crippen molar-refractivity contribution >= 4 is 23.2 Å². The smallest absolute Gasteiger partial charge is 0.136 e. The van der Waals surface area contributed by atoms with Gasteiger partial charge in [-0.3, -0.25) is 4.98 Å². The van der Waals surface area contributed by atoms with Crippen LogP contribution in [-0.4, -0.2) is 9.97 Å². The van der Waals surface area contributed by atoms with Crippen LogP contribution >= 0.6 is 23.2 Å². The summed E-state index contributed by atoms with van der Waals surface area (Å²) in [6, 6.07) is 5.73. The Labute approximate surface area is 97.9 Å². The molecule has 0 N–H and O–H groups in total. The highest BCUT2D eigenvalue weighted by Gasteiger charge is 2.05. The molecule has 2 aromatic rings. The van der Waals surface area contributed by atoms with Gasteiger partial charge in [0.2, 0.25) is 0 Å². The van der Waals surface area contributed by atoms with Gasteiger partial charge in [-0.2, -0.15) is 0 Å². The SMILES string of the molecule is ClCc1cnc(Cl)c(-c2cccnc2)c1. The second-order valence-electron chi connectivity index (χ2n) is 3.06. The first kappa shape index (κ1) is 10.4. The zero-order valence-electron chi connectivity index (χ0n) is 7.82. The van der Waals surface area contributed by atoms with E-state index in [1.165, 1.54) is 0 Å². The third kappa shape index (κ3) is 2.28. The lowest BCUT2D eigenvalue weighted by Crippen LogP contribution is -1.87. The van der Waals surface area contributed by atoms with E-state index >= 15 is 0 Å². The maximum Gasteiger partial charge on any atom is 0.136 e. The summed E-state index contributed by atoms with van der Waals surface area (Å²) in [7, 11) is 0. The van der Waals surface area contributed by atoms with Crippen LogP contribution in [0.1, 0.15) is 5.56 Å². The quantitative estimate of drug-likeness (QED) is 0.591. The van der Waals surface area contributed by atoms with Crippen molar-refractivity contribution in [2.24, 2.45) is 0 Å². The molecule has 0 atom stereocenters. The fourth-order valence-electron chi connectivity index (χ4n) is 1.29. The monoisotopic (exact) mass is 238 g/mol. The number of hydrogen-bond acceptors (Lipinski definition) is 2. The molecule has 15 heavy (non-hydrogen) atoms. The number of alkyl halides is 1. The lowest BCUT2D eigenvalue weighted by atomic mass is 10.1. The van der Waals surface area contributed by atoms with Gasteiger partial charge in [0.15, 0.2) is 0 Å². The third-order valence-corrected chi connectivity index (χ3v) is 2.63. The standard InChI is InChI=1S/C11H8Cl2N2/c12-5-8-4-10(11(13)15-6-8)9-2-1-3-14-7-9/h1-4,6-7H,5H2. The molecule has 0 amide bonds.